The molecule has 1 heterocycles. The van der Waals surface area contributed by atoms with E-state index in [1.807, 2.05) is 29.6 Å². The monoisotopic (exact) mass is 284 g/mol. The van der Waals surface area contributed by atoms with Crippen LogP contribution in [0.4, 0.5) is 4.39 Å². The summed E-state index contributed by atoms with van der Waals surface area (Å²) in [4.78, 5) is 4.60. The Morgan fingerprint density at radius 1 is 0.950 bits per heavy atom. The standard InChI is InChI=1S/C16H13FN2S/c17-14-7-5-12(6-8-14)15-10-20-16(19-15)13-3-1-11(9-18)2-4-13/h1-8,10H,9,18H2. The minimum Gasteiger partial charge on any atom is -0.326 e. The molecule has 0 aliphatic heterocycles. The maximum atomic E-state index is 12.9. The lowest BCUT2D eigenvalue weighted by Crippen LogP contribution is -1.95. The van der Waals surface area contributed by atoms with E-state index in [-0.39, 0.29) is 5.82 Å². The van der Waals surface area contributed by atoms with Crippen LogP contribution in [-0.4, -0.2) is 4.98 Å². The van der Waals surface area contributed by atoms with Crippen LogP contribution >= 0.6 is 11.3 Å². The van der Waals surface area contributed by atoms with Gasteiger partial charge < -0.3 is 5.73 Å². The highest BCUT2D eigenvalue weighted by molar-refractivity contribution is 7.13. The summed E-state index contributed by atoms with van der Waals surface area (Å²) in [5, 5.41) is 2.94. The summed E-state index contributed by atoms with van der Waals surface area (Å²) in [5.41, 5.74) is 9.55. The van der Waals surface area contributed by atoms with Gasteiger partial charge in [0.05, 0.1) is 5.69 Å². The first kappa shape index (κ1) is 13.0. The van der Waals surface area contributed by atoms with E-state index >= 15 is 0 Å². The third-order valence-corrected chi connectivity index (χ3v) is 3.97. The van der Waals surface area contributed by atoms with Crippen molar-refractivity contribution in [3.8, 4) is 21.8 Å². The van der Waals surface area contributed by atoms with Crippen LogP contribution in [0.5, 0.6) is 0 Å². The molecule has 0 fully saturated rings. The van der Waals surface area contributed by atoms with Crippen LogP contribution in [0.25, 0.3) is 21.8 Å². The van der Waals surface area contributed by atoms with E-state index in [1.54, 1.807) is 23.5 Å². The van der Waals surface area contributed by atoms with Crippen LogP contribution in [-0.2, 0) is 6.54 Å². The molecule has 20 heavy (non-hydrogen) atoms. The quantitative estimate of drug-likeness (QED) is 0.787. The largest absolute Gasteiger partial charge is 0.326 e. The van der Waals surface area contributed by atoms with Crippen LogP contribution in [0.3, 0.4) is 0 Å². The second-order valence-electron chi connectivity index (χ2n) is 4.45. The molecule has 0 saturated heterocycles. The van der Waals surface area contributed by atoms with Gasteiger partial charge in [-0.05, 0) is 29.8 Å². The van der Waals surface area contributed by atoms with Crippen LogP contribution in [0.2, 0.25) is 0 Å². The van der Waals surface area contributed by atoms with Crippen molar-refractivity contribution < 1.29 is 4.39 Å². The van der Waals surface area contributed by atoms with Gasteiger partial charge in [-0.25, -0.2) is 9.37 Å². The molecule has 100 valence electrons. The fourth-order valence-electron chi connectivity index (χ4n) is 1.94. The van der Waals surface area contributed by atoms with Gasteiger partial charge in [0.2, 0.25) is 0 Å². The summed E-state index contributed by atoms with van der Waals surface area (Å²) in [7, 11) is 0. The number of halogens is 1. The molecule has 0 amide bonds. The van der Waals surface area contributed by atoms with E-state index in [4.69, 9.17) is 5.73 Å². The molecule has 3 aromatic rings. The van der Waals surface area contributed by atoms with Crippen molar-refractivity contribution in [2.45, 2.75) is 6.54 Å². The van der Waals surface area contributed by atoms with Gasteiger partial charge in [0.25, 0.3) is 0 Å². The Kier molecular flexibility index (Phi) is 3.58. The first-order valence-electron chi connectivity index (χ1n) is 6.27. The summed E-state index contributed by atoms with van der Waals surface area (Å²) in [6.45, 7) is 0.541. The van der Waals surface area contributed by atoms with E-state index < -0.39 is 0 Å². The van der Waals surface area contributed by atoms with Crippen molar-refractivity contribution in [3.63, 3.8) is 0 Å². The van der Waals surface area contributed by atoms with Gasteiger partial charge in [-0.1, -0.05) is 24.3 Å². The summed E-state index contributed by atoms with van der Waals surface area (Å²) < 4.78 is 12.9. The topological polar surface area (TPSA) is 38.9 Å². The molecule has 0 bridgehead atoms. The Morgan fingerprint density at radius 2 is 1.60 bits per heavy atom. The predicted octanol–water partition coefficient (Wildman–Crippen LogP) is 4.07. The summed E-state index contributed by atoms with van der Waals surface area (Å²) in [6, 6.07) is 14.4. The minimum atomic E-state index is -0.235. The Morgan fingerprint density at radius 3 is 2.25 bits per heavy atom. The first-order chi connectivity index (χ1) is 9.76. The molecule has 0 saturated carbocycles. The summed E-state index contributed by atoms with van der Waals surface area (Å²) >= 11 is 1.58. The lowest BCUT2D eigenvalue weighted by Gasteiger charge is -1.99. The number of hydrogen-bond donors (Lipinski definition) is 1. The molecule has 2 nitrogen and oxygen atoms in total. The van der Waals surface area contributed by atoms with Gasteiger partial charge in [0, 0.05) is 23.1 Å². The zero-order valence-electron chi connectivity index (χ0n) is 10.7. The van der Waals surface area contributed by atoms with E-state index in [9.17, 15) is 4.39 Å². The average molecular weight is 284 g/mol. The maximum absolute atomic E-state index is 12.9. The lowest BCUT2D eigenvalue weighted by atomic mass is 10.1. The number of rotatable bonds is 3. The first-order valence-corrected chi connectivity index (χ1v) is 7.15. The molecule has 1 aromatic heterocycles. The van der Waals surface area contributed by atoms with Gasteiger partial charge >= 0.3 is 0 Å². The van der Waals surface area contributed by atoms with Crippen LogP contribution in [0.1, 0.15) is 5.56 Å². The van der Waals surface area contributed by atoms with Crippen molar-refractivity contribution in [2.24, 2.45) is 5.73 Å². The molecule has 0 aliphatic carbocycles. The number of benzene rings is 2. The molecular weight excluding hydrogens is 271 g/mol. The van der Waals surface area contributed by atoms with Crippen molar-refractivity contribution in [2.75, 3.05) is 0 Å². The number of hydrogen-bond acceptors (Lipinski definition) is 3. The van der Waals surface area contributed by atoms with Crippen molar-refractivity contribution in [1.82, 2.24) is 4.98 Å². The summed E-state index contributed by atoms with van der Waals surface area (Å²) in [5.74, 6) is -0.235. The third kappa shape index (κ3) is 2.61. The number of nitrogens with two attached hydrogens (primary N) is 1. The van der Waals surface area contributed by atoms with E-state index in [0.29, 0.717) is 6.54 Å². The Hall–Kier alpha value is -2.04. The highest BCUT2D eigenvalue weighted by Crippen LogP contribution is 2.29. The van der Waals surface area contributed by atoms with Gasteiger partial charge in [-0.15, -0.1) is 11.3 Å². The van der Waals surface area contributed by atoms with Crippen molar-refractivity contribution in [3.05, 3.63) is 65.3 Å². The molecule has 0 atom stereocenters. The van der Waals surface area contributed by atoms with Crippen LogP contribution in [0, 0.1) is 5.82 Å². The fraction of sp³-hybridized carbons (Fsp3) is 0.0625. The minimum absolute atomic E-state index is 0.235. The second-order valence-corrected chi connectivity index (χ2v) is 5.30. The molecule has 0 radical (unpaired) electrons. The molecule has 0 spiro atoms. The highest BCUT2D eigenvalue weighted by atomic mass is 32.1. The number of thiazole rings is 1. The Labute approximate surface area is 120 Å². The molecule has 4 heteroatoms. The SMILES string of the molecule is NCc1ccc(-c2nc(-c3ccc(F)cc3)cs2)cc1. The van der Waals surface area contributed by atoms with Crippen molar-refractivity contribution >= 4 is 11.3 Å². The zero-order chi connectivity index (χ0) is 13.9. The Bertz CT molecular complexity index is 702. The van der Waals surface area contributed by atoms with E-state index in [2.05, 4.69) is 4.98 Å². The number of aromatic nitrogens is 1. The van der Waals surface area contributed by atoms with Crippen LogP contribution in [0.15, 0.2) is 53.9 Å². The predicted molar refractivity (Wildman–Crippen MR) is 80.8 cm³/mol. The molecule has 0 aliphatic rings. The maximum Gasteiger partial charge on any atom is 0.124 e. The van der Waals surface area contributed by atoms with Gasteiger partial charge in [0.1, 0.15) is 10.8 Å². The third-order valence-electron chi connectivity index (χ3n) is 3.08. The molecule has 2 aromatic carbocycles. The normalized spacial score (nSPS) is 10.7. The van der Waals surface area contributed by atoms with Gasteiger partial charge in [0.15, 0.2) is 0 Å². The Balaban J connectivity index is 1.91. The van der Waals surface area contributed by atoms with E-state index in [0.717, 1.165) is 27.4 Å². The van der Waals surface area contributed by atoms with Crippen molar-refractivity contribution in [1.29, 1.82) is 0 Å². The fourth-order valence-corrected chi connectivity index (χ4v) is 2.78. The zero-order valence-corrected chi connectivity index (χ0v) is 11.5. The average Bonchev–Trinajstić information content (AvgIpc) is 2.98. The molecule has 3 rings (SSSR count). The highest BCUT2D eigenvalue weighted by Gasteiger charge is 2.06. The van der Waals surface area contributed by atoms with Gasteiger partial charge in [-0.3, -0.25) is 0 Å². The smallest absolute Gasteiger partial charge is 0.124 e. The lowest BCUT2D eigenvalue weighted by molar-refractivity contribution is 0.628. The van der Waals surface area contributed by atoms with Gasteiger partial charge in [-0.2, -0.15) is 0 Å². The van der Waals surface area contributed by atoms with Crippen LogP contribution < -0.4 is 5.73 Å². The van der Waals surface area contributed by atoms with E-state index in [1.165, 1.54) is 12.1 Å². The molecular formula is C16H13FN2S. The molecule has 2 N–H and O–H groups in total. The number of nitrogens with zero attached hydrogens (tertiary/aromatic N) is 1. The molecule has 0 unspecified atom stereocenters. The second kappa shape index (κ2) is 5.53. The summed E-state index contributed by atoms with van der Waals surface area (Å²) in [6.07, 6.45) is 0.